The second-order valence-corrected chi connectivity index (χ2v) is 43.0. The predicted octanol–water partition coefficient (Wildman–Crippen LogP) is 14.3. The van der Waals surface area contributed by atoms with E-state index in [2.05, 4.69) is 104 Å². The van der Waals surface area contributed by atoms with Gasteiger partial charge in [0.2, 0.25) is 0 Å². The standard InChI is InChI=1S/4C26H33ClN6O2/c4*1-16(34)20-13-32(14-20)25-11-26(30-17(2)29-25)33-24-10-22(23(27)9-19(24)12-28-33)18-3-6-31(7-4-18)21-5-8-35-15-21/h4*9-12,16,18,20-21,34H,3-8,13-15H2,1-2H3. The molecule has 0 spiro atoms. The molecule has 12 aliphatic heterocycles. The van der Waals surface area contributed by atoms with Crippen molar-refractivity contribution in [3.8, 4) is 23.3 Å². The Morgan fingerprint density at radius 2 is 0.464 bits per heavy atom. The Morgan fingerprint density at radius 1 is 0.271 bits per heavy atom. The number of ether oxygens (including phenoxy) is 4. The quantitative estimate of drug-likeness (QED) is 0.0551. The normalized spacial score (nSPS) is 23.2. The van der Waals surface area contributed by atoms with Crippen LogP contribution in [0.1, 0.15) is 174 Å². The molecule has 8 unspecified atom stereocenters. The third-order valence-electron chi connectivity index (χ3n) is 32.1. The van der Waals surface area contributed by atoms with Gasteiger partial charge < -0.3 is 59.0 Å². The first-order valence-corrected chi connectivity index (χ1v) is 52.5. The van der Waals surface area contributed by atoms with Crippen molar-refractivity contribution in [1.29, 1.82) is 0 Å². The first kappa shape index (κ1) is 97.1. The molecule has 4 aromatic carbocycles. The fourth-order valence-corrected chi connectivity index (χ4v) is 24.3. The Labute approximate surface area is 838 Å². The van der Waals surface area contributed by atoms with E-state index >= 15 is 0 Å². The Hall–Kier alpha value is -9.04. The average molecular weight is 1990 g/mol. The lowest BCUT2D eigenvalue weighted by Gasteiger charge is -2.41. The van der Waals surface area contributed by atoms with Gasteiger partial charge in [0.05, 0.1) is 97.7 Å². The largest absolute Gasteiger partial charge is 0.393 e. The zero-order valence-electron chi connectivity index (χ0n) is 81.6. The first-order chi connectivity index (χ1) is 67.8. The molecule has 140 heavy (non-hydrogen) atoms. The summed E-state index contributed by atoms with van der Waals surface area (Å²) in [4.78, 5) is 56.5. The Kier molecular flexibility index (Phi) is 29.1. The number of hydrogen-bond donors (Lipinski definition) is 4. The van der Waals surface area contributed by atoms with Crippen molar-refractivity contribution in [2.75, 3.05) is 177 Å². The maximum Gasteiger partial charge on any atom is 0.159 e. The van der Waals surface area contributed by atoms with E-state index in [1.807, 2.05) is 147 Å². The van der Waals surface area contributed by atoms with Gasteiger partial charge in [-0.3, -0.25) is 19.6 Å². The van der Waals surface area contributed by atoms with Gasteiger partial charge in [0, 0.05) is 193 Å². The van der Waals surface area contributed by atoms with Crippen molar-refractivity contribution < 1.29 is 39.4 Å². The van der Waals surface area contributed by atoms with Crippen LogP contribution >= 0.6 is 46.4 Å². The van der Waals surface area contributed by atoms with E-state index in [0.29, 0.717) is 71.1 Å². The van der Waals surface area contributed by atoms with Crippen LogP contribution in [-0.2, 0) is 18.9 Å². The van der Waals surface area contributed by atoms with Crippen LogP contribution in [0.2, 0.25) is 20.1 Å². The maximum atomic E-state index is 9.85. The molecule has 24 rings (SSSR count). The van der Waals surface area contributed by atoms with E-state index in [1.54, 1.807) is 0 Å². The fourth-order valence-electron chi connectivity index (χ4n) is 23.0. The number of rotatable bonds is 20. The summed E-state index contributed by atoms with van der Waals surface area (Å²) in [6.07, 6.45) is 19.6. The van der Waals surface area contributed by atoms with E-state index in [4.69, 9.17) is 85.3 Å². The number of aryl methyl sites for hydroxylation is 4. The summed E-state index contributed by atoms with van der Waals surface area (Å²) in [5.74, 6) is 12.3. The molecule has 8 aromatic heterocycles. The van der Waals surface area contributed by atoms with Gasteiger partial charge in [0.25, 0.3) is 0 Å². The highest BCUT2D eigenvalue weighted by atomic mass is 35.5. The summed E-state index contributed by atoms with van der Waals surface area (Å²) in [6, 6.07) is 27.3. The topological polar surface area (TPSA) is 318 Å². The highest BCUT2D eigenvalue weighted by Crippen LogP contribution is 2.45. The first-order valence-electron chi connectivity index (χ1n) is 51.0. The molecule has 12 saturated heterocycles. The van der Waals surface area contributed by atoms with Crippen molar-refractivity contribution in [2.45, 2.75) is 205 Å². The summed E-state index contributed by atoms with van der Waals surface area (Å²) in [7, 11) is 0. The van der Waals surface area contributed by atoms with Crippen molar-refractivity contribution in [3.63, 3.8) is 0 Å². The number of halogens is 4. The highest BCUT2D eigenvalue weighted by Gasteiger charge is 2.40. The molecule has 0 aliphatic carbocycles. The Bertz CT molecular complexity index is 5600. The van der Waals surface area contributed by atoms with Crippen molar-refractivity contribution in [2.24, 2.45) is 23.7 Å². The molecule has 8 atom stereocenters. The number of fused-ring (bicyclic) bond motifs is 4. The van der Waals surface area contributed by atoms with E-state index in [0.717, 1.165) is 345 Å². The molecule has 12 aromatic rings. The summed E-state index contributed by atoms with van der Waals surface area (Å²) >= 11 is 27.2. The van der Waals surface area contributed by atoms with Gasteiger partial charge in [-0.05, 0) is 279 Å². The SMILES string of the molecule is Cc1nc(N2CC(C(C)O)C2)cc(-n2ncc3cc(Cl)c(C4CCN(C5CCOC5)CC4)cc32)n1.Cc1nc(N2CC(C(C)O)C2)cc(-n2ncc3cc(Cl)c(C4CCN(C5CCOC5)CC4)cc32)n1.Cc1nc(N2CC(C(C)O)C2)cc(-n2ncc3cc(Cl)c(C4CCN(C5CCOC5)CC4)cc32)n1.Cc1nc(N2CC(C(C)O)C2)cc(-n2ncc3cc(Cl)c(C4CCN(C5CCOC5)CC4)cc32)n1. The van der Waals surface area contributed by atoms with Crippen molar-refractivity contribution in [1.82, 2.24) is 98.6 Å². The van der Waals surface area contributed by atoms with Gasteiger partial charge in [-0.2, -0.15) is 20.4 Å². The third kappa shape index (κ3) is 20.8. The van der Waals surface area contributed by atoms with E-state index < -0.39 is 0 Å². The molecule has 0 bridgehead atoms. The zero-order chi connectivity index (χ0) is 96.4. The van der Waals surface area contributed by atoms with Crippen LogP contribution in [0.3, 0.4) is 0 Å². The fraction of sp³-hybridized carbons (Fsp3) is 0.577. The minimum Gasteiger partial charge on any atom is -0.393 e. The average Bonchev–Trinajstić information content (AvgIpc) is 1.60. The van der Waals surface area contributed by atoms with Gasteiger partial charge in [-0.15, -0.1) is 0 Å². The molecule has 744 valence electrons. The lowest BCUT2D eigenvalue weighted by molar-refractivity contribution is 0.107. The van der Waals surface area contributed by atoms with Crippen molar-refractivity contribution >= 4 is 113 Å². The summed E-state index contributed by atoms with van der Waals surface area (Å²) in [5.41, 5.74) is 8.90. The van der Waals surface area contributed by atoms with Crippen LogP contribution < -0.4 is 19.6 Å². The van der Waals surface area contributed by atoms with E-state index in [1.165, 1.54) is 22.3 Å². The Balaban J connectivity index is 0.000000111. The lowest BCUT2D eigenvalue weighted by Crippen LogP contribution is -2.51. The number of hydrogen-bond acceptors (Lipinski definition) is 28. The van der Waals surface area contributed by atoms with Crippen LogP contribution in [0.15, 0.2) is 97.6 Å². The lowest BCUT2D eigenvalue weighted by atomic mass is 9.88. The number of likely N-dealkylation sites (tertiary alicyclic amines) is 4. The van der Waals surface area contributed by atoms with Gasteiger partial charge in [-0.1, -0.05) is 46.4 Å². The number of nitrogens with zero attached hydrogens (tertiary/aromatic N) is 24. The summed E-state index contributed by atoms with van der Waals surface area (Å²) in [5, 5.41) is 65.4. The van der Waals surface area contributed by atoms with Crippen LogP contribution in [0.25, 0.3) is 66.9 Å². The molecule has 20 heterocycles. The Morgan fingerprint density at radius 3 is 0.643 bits per heavy atom. The van der Waals surface area contributed by atoms with Gasteiger partial charge in [0.15, 0.2) is 23.3 Å². The van der Waals surface area contributed by atoms with Crippen LogP contribution in [0.5, 0.6) is 0 Å². The summed E-state index contributed by atoms with van der Waals surface area (Å²) < 4.78 is 30.0. The number of anilines is 4. The number of aliphatic hydroxyl groups is 4. The summed E-state index contributed by atoms with van der Waals surface area (Å²) in [6.45, 7) is 37.2. The van der Waals surface area contributed by atoms with Gasteiger partial charge in [-0.25, -0.2) is 58.6 Å². The van der Waals surface area contributed by atoms with Crippen LogP contribution in [-0.4, -0.2) is 325 Å². The second-order valence-electron chi connectivity index (χ2n) is 41.4. The van der Waals surface area contributed by atoms with Crippen LogP contribution in [0.4, 0.5) is 23.3 Å². The molecule has 32 nitrogen and oxygen atoms in total. The number of benzene rings is 4. The highest BCUT2D eigenvalue weighted by molar-refractivity contribution is 6.33. The van der Waals surface area contributed by atoms with Crippen LogP contribution in [0, 0.1) is 51.4 Å². The number of aliphatic hydroxyl groups excluding tert-OH is 4. The number of aromatic nitrogens is 16. The third-order valence-corrected chi connectivity index (χ3v) is 33.4. The van der Waals surface area contributed by atoms with Crippen molar-refractivity contribution in [3.05, 3.63) is 163 Å². The minimum atomic E-state index is -0.301. The van der Waals surface area contributed by atoms with E-state index in [9.17, 15) is 20.4 Å². The van der Waals surface area contributed by atoms with Gasteiger partial charge >= 0.3 is 0 Å². The van der Waals surface area contributed by atoms with Gasteiger partial charge in [0.1, 0.15) is 46.6 Å². The molecule has 4 N–H and O–H groups in total. The van der Waals surface area contributed by atoms with E-state index in [-0.39, 0.29) is 48.1 Å². The number of piperidine rings is 4. The molecule has 12 fully saturated rings. The molecule has 0 amide bonds. The predicted molar refractivity (Wildman–Crippen MR) is 546 cm³/mol. The molecule has 36 heteroatoms. The second kappa shape index (κ2) is 42.0. The maximum absolute atomic E-state index is 9.85. The molecular weight excluding hydrogens is 1860 g/mol. The molecule has 0 saturated carbocycles. The minimum absolute atomic E-state index is 0.288. The molecule has 0 radical (unpaired) electrons. The smallest absolute Gasteiger partial charge is 0.159 e. The monoisotopic (exact) mass is 1980 g/mol. The molecule has 12 aliphatic rings. The zero-order valence-corrected chi connectivity index (χ0v) is 84.6. The molecular formula is C104H132Cl4N24O8.